The first-order valence-electron chi connectivity index (χ1n) is 6.25. The number of hydrogen-bond acceptors (Lipinski definition) is 3. The fourth-order valence-corrected chi connectivity index (χ4v) is 2.55. The zero-order valence-corrected chi connectivity index (χ0v) is 11.8. The van der Waals surface area contributed by atoms with E-state index in [0.29, 0.717) is 12.1 Å². The highest BCUT2D eigenvalue weighted by Gasteiger charge is 2.07. The van der Waals surface area contributed by atoms with Crippen LogP contribution in [0.5, 0.6) is 5.75 Å². The van der Waals surface area contributed by atoms with Gasteiger partial charge in [-0.25, -0.2) is 4.39 Å². The largest absolute Gasteiger partial charge is 0.505 e. The molecule has 20 heavy (non-hydrogen) atoms. The minimum atomic E-state index is -0.599. The molecule has 0 amide bonds. The summed E-state index contributed by atoms with van der Waals surface area (Å²) < 4.78 is 13.3. The molecule has 2 aromatic rings. The number of thioether (sulfide) groups is 1. The van der Waals surface area contributed by atoms with Gasteiger partial charge in [0.2, 0.25) is 0 Å². The first-order valence-corrected chi connectivity index (χ1v) is 7.24. The lowest BCUT2D eigenvalue weighted by atomic mass is 10.2. The third-order valence-electron chi connectivity index (χ3n) is 2.78. The molecule has 0 atom stereocenters. The number of nitrogens with one attached hydrogen (secondary N) is 1. The van der Waals surface area contributed by atoms with Gasteiger partial charge in [-0.1, -0.05) is 30.3 Å². The van der Waals surface area contributed by atoms with Crippen LogP contribution in [0.3, 0.4) is 0 Å². The third-order valence-corrected chi connectivity index (χ3v) is 3.85. The average molecular weight is 289 g/mol. The predicted molar refractivity (Wildman–Crippen MR) is 82.8 cm³/mol. The van der Waals surface area contributed by atoms with E-state index in [9.17, 15) is 9.50 Å². The van der Waals surface area contributed by atoms with Gasteiger partial charge in [0.1, 0.15) is 0 Å². The van der Waals surface area contributed by atoms with Gasteiger partial charge < -0.3 is 10.4 Å². The van der Waals surface area contributed by atoms with Crippen LogP contribution >= 0.6 is 11.8 Å². The van der Waals surface area contributed by atoms with Crippen molar-refractivity contribution in [2.75, 3.05) is 11.1 Å². The van der Waals surface area contributed by atoms with Crippen molar-refractivity contribution < 1.29 is 9.50 Å². The van der Waals surface area contributed by atoms with Crippen molar-refractivity contribution in [3.8, 4) is 5.75 Å². The number of hydrogen-bond donors (Lipinski definition) is 2. The van der Waals surface area contributed by atoms with Crippen molar-refractivity contribution >= 4 is 17.4 Å². The molecule has 2 nitrogen and oxygen atoms in total. The molecule has 0 heterocycles. The maximum Gasteiger partial charge on any atom is 0.165 e. The van der Waals surface area contributed by atoms with Crippen LogP contribution in [0.25, 0.3) is 0 Å². The lowest BCUT2D eigenvalue weighted by molar-refractivity contribution is 0.427. The van der Waals surface area contributed by atoms with E-state index in [1.54, 1.807) is 23.9 Å². The molecule has 104 valence electrons. The molecule has 0 radical (unpaired) electrons. The van der Waals surface area contributed by atoms with E-state index in [1.165, 1.54) is 6.07 Å². The summed E-state index contributed by atoms with van der Waals surface area (Å²) in [7, 11) is 0. The molecule has 0 saturated heterocycles. The second-order valence-electron chi connectivity index (χ2n) is 4.20. The molecule has 4 heteroatoms. The van der Waals surface area contributed by atoms with E-state index in [0.717, 1.165) is 16.3 Å². The van der Waals surface area contributed by atoms with Crippen molar-refractivity contribution in [1.29, 1.82) is 0 Å². The molecule has 0 unspecified atom stereocenters. The van der Waals surface area contributed by atoms with Gasteiger partial charge in [-0.2, -0.15) is 0 Å². The summed E-state index contributed by atoms with van der Waals surface area (Å²) in [6.45, 7) is 4.07. The van der Waals surface area contributed by atoms with Crippen LogP contribution in [0.2, 0.25) is 0 Å². The summed E-state index contributed by atoms with van der Waals surface area (Å²) in [5, 5.41) is 12.9. The Morgan fingerprint density at radius 1 is 1.20 bits per heavy atom. The summed E-state index contributed by atoms with van der Waals surface area (Å²) in [5.41, 5.74) is 1.50. The number of para-hydroxylation sites is 2. The van der Waals surface area contributed by atoms with Crippen molar-refractivity contribution in [2.24, 2.45) is 0 Å². The van der Waals surface area contributed by atoms with Crippen molar-refractivity contribution in [3.05, 3.63) is 66.5 Å². The van der Waals surface area contributed by atoms with Crippen LogP contribution in [0, 0.1) is 5.82 Å². The van der Waals surface area contributed by atoms with E-state index < -0.39 is 5.82 Å². The first kappa shape index (κ1) is 14.5. The van der Waals surface area contributed by atoms with Gasteiger partial charge in [0.25, 0.3) is 0 Å². The number of benzene rings is 2. The molecule has 2 rings (SSSR count). The average Bonchev–Trinajstić information content (AvgIpc) is 2.47. The normalized spacial score (nSPS) is 10.2. The Kier molecular flexibility index (Phi) is 5.07. The van der Waals surface area contributed by atoms with Crippen molar-refractivity contribution in [1.82, 2.24) is 0 Å². The van der Waals surface area contributed by atoms with Crippen LogP contribution in [0.1, 0.15) is 5.56 Å². The third kappa shape index (κ3) is 3.54. The van der Waals surface area contributed by atoms with Crippen LogP contribution in [0.4, 0.5) is 10.1 Å². The molecule has 0 fully saturated rings. The van der Waals surface area contributed by atoms with E-state index >= 15 is 0 Å². The zero-order chi connectivity index (χ0) is 14.4. The Bertz CT molecular complexity index is 601. The standard InChI is InChI=1S/C16H16FNOS/c1-2-10-20-15-9-4-3-8-14(15)18-11-12-6-5-7-13(17)16(12)19/h2-9,18-19H,1,10-11H2. The second kappa shape index (κ2) is 7.01. The topological polar surface area (TPSA) is 32.3 Å². The summed E-state index contributed by atoms with van der Waals surface area (Å²) in [6, 6.07) is 12.4. The Labute approximate surface area is 122 Å². The van der Waals surface area contributed by atoms with Gasteiger partial charge in [0.15, 0.2) is 11.6 Å². The first-order chi connectivity index (χ1) is 9.72. The monoisotopic (exact) mass is 289 g/mol. The molecular formula is C16H16FNOS. The fourth-order valence-electron chi connectivity index (χ4n) is 1.78. The highest BCUT2D eigenvalue weighted by Crippen LogP contribution is 2.28. The summed E-state index contributed by atoms with van der Waals surface area (Å²) in [5.74, 6) is -0.0703. The van der Waals surface area contributed by atoms with Gasteiger partial charge >= 0.3 is 0 Å². The van der Waals surface area contributed by atoms with E-state index in [2.05, 4.69) is 11.9 Å². The van der Waals surface area contributed by atoms with Crippen molar-refractivity contribution in [3.63, 3.8) is 0 Å². The zero-order valence-electron chi connectivity index (χ0n) is 11.0. The molecule has 0 bridgehead atoms. The maximum atomic E-state index is 13.3. The summed E-state index contributed by atoms with van der Waals surface area (Å²) in [4.78, 5) is 1.10. The van der Waals surface area contributed by atoms with Crippen LogP contribution in [0.15, 0.2) is 60.0 Å². The number of halogens is 1. The Morgan fingerprint density at radius 3 is 2.80 bits per heavy atom. The molecule has 0 aliphatic rings. The molecular weight excluding hydrogens is 273 g/mol. The van der Waals surface area contributed by atoms with Crippen LogP contribution in [-0.2, 0) is 6.54 Å². The minimum absolute atomic E-state index is 0.295. The van der Waals surface area contributed by atoms with Gasteiger partial charge in [-0.15, -0.1) is 18.3 Å². The molecule has 0 saturated carbocycles. The summed E-state index contributed by atoms with van der Waals surface area (Å²) >= 11 is 1.67. The van der Waals surface area contributed by atoms with Gasteiger partial charge in [-0.05, 0) is 18.2 Å². The Morgan fingerprint density at radius 2 is 2.00 bits per heavy atom. The van der Waals surface area contributed by atoms with E-state index in [4.69, 9.17) is 0 Å². The second-order valence-corrected chi connectivity index (χ2v) is 5.26. The molecule has 0 aromatic heterocycles. The number of rotatable bonds is 6. The Hall–Kier alpha value is -1.94. The lowest BCUT2D eigenvalue weighted by Gasteiger charge is -2.12. The number of anilines is 1. The molecule has 0 spiro atoms. The van der Waals surface area contributed by atoms with Gasteiger partial charge in [-0.3, -0.25) is 0 Å². The smallest absolute Gasteiger partial charge is 0.165 e. The SMILES string of the molecule is C=CCSc1ccccc1NCc1cccc(F)c1O. The highest BCUT2D eigenvalue weighted by atomic mass is 32.2. The fraction of sp³-hybridized carbons (Fsp3) is 0.125. The van der Waals surface area contributed by atoms with Crippen LogP contribution in [-0.4, -0.2) is 10.9 Å². The van der Waals surface area contributed by atoms with Gasteiger partial charge in [0, 0.05) is 28.4 Å². The molecule has 2 aromatic carbocycles. The van der Waals surface area contributed by atoms with E-state index in [1.807, 2.05) is 30.3 Å². The summed E-state index contributed by atoms with van der Waals surface area (Å²) in [6.07, 6.45) is 1.85. The molecule has 0 aliphatic carbocycles. The minimum Gasteiger partial charge on any atom is -0.505 e. The maximum absolute atomic E-state index is 13.3. The van der Waals surface area contributed by atoms with E-state index in [-0.39, 0.29) is 5.75 Å². The molecule has 2 N–H and O–H groups in total. The predicted octanol–water partition coefficient (Wildman–Crippen LogP) is 4.42. The highest BCUT2D eigenvalue weighted by molar-refractivity contribution is 7.99. The van der Waals surface area contributed by atoms with Crippen molar-refractivity contribution in [2.45, 2.75) is 11.4 Å². The number of aromatic hydroxyl groups is 1. The quantitative estimate of drug-likeness (QED) is 0.610. The number of phenolic OH excluding ortho intramolecular Hbond substituents is 1. The lowest BCUT2D eigenvalue weighted by Crippen LogP contribution is -2.01. The molecule has 0 aliphatic heterocycles. The van der Waals surface area contributed by atoms with Gasteiger partial charge in [0.05, 0.1) is 0 Å². The number of phenols is 1. The van der Waals surface area contributed by atoms with Crippen LogP contribution < -0.4 is 5.32 Å². The Balaban J connectivity index is 2.10.